The lowest BCUT2D eigenvalue weighted by Crippen LogP contribution is -2.13. The average molecular weight is 429 g/mol. The van der Waals surface area contributed by atoms with Crippen LogP contribution in [0.4, 0.5) is 10.1 Å². The van der Waals surface area contributed by atoms with Crippen LogP contribution in [0.1, 0.15) is 17.5 Å². The molecule has 3 aromatic rings. The van der Waals surface area contributed by atoms with E-state index in [-0.39, 0.29) is 17.7 Å². The maximum atomic E-state index is 13.8. The Hall–Kier alpha value is -4.43. The van der Waals surface area contributed by atoms with Gasteiger partial charge in [0.1, 0.15) is 23.2 Å². The van der Waals surface area contributed by atoms with Gasteiger partial charge >= 0.3 is 0 Å². The first-order valence-corrected chi connectivity index (χ1v) is 9.73. The second-order valence-electron chi connectivity index (χ2n) is 6.92. The van der Waals surface area contributed by atoms with E-state index in [1.54, 1.807) is 49.2 Å². The number of nitrogens with zero attached hydrogens (tertiary/aromatic N) is 4. The maximum Gasteiger partial charge on any atom is 0.266 e. The van der Waals surface area contributed by atoms with Gasteiger partial charge in [0.15, 0.2) is 0 Å². The van der Waals surface area contributed by atoms with Crippen molar-refractivity contribution in [3.8, 4) is 29.1 Å². The minimum Gasteiger partial charge on any atom is -0.497 e. The van der Waals surface area contributed by atoms with Crippen LogP contribution < -0.4 is 10.1 Å². The Bertz CT molecular complexity index is 1250. The van der Waals surface area contributed by atoms with Crippen molar-refractivity contribution in [2.24, 2.45) is 0 Å². The molecule has 0 radical (unpaired) electrons. The summed E-state index contributed by atoms with van der Waals surface area (Å²) >= 11 is 0. The quantitative estimate of drug-likeness (QED) is 0.441. The van der Waals surface area contributed by atoms with Gasteiger partial charge < -0.3 is 10.1 Å². The molecule has 1 N–H and O–H groups in total. The average Bonchev–Trinajstić information content (AvgIpc) is 3.21. The number of carbonyl (C=O) groups is 1. The Kier molecular flexibility index (Phi) is 6.99. The van der Waals surface area contributed by atoms with Crippen LogP contribution in [0.25, 0.3) is 17.3 Å². The van der Waals surface area contributed by atoms with Crippen LogP contribution in [0.5, 0.6) is 5.75 Å². The lowest BCUT2D eigenvalue weighted by atomic mass is 10.1. The first-order chi connectivity index (χ1) is 15.4. The number of hydrogen-bond donors (Lipinski definition) is 1. The number of nitrogens with one attached hydrogen (secondary N) is 1. The van der Waals surface area contributed by atoms with Crippen LogP contribution in [-0.4, -0.2) is 22.8 Å². The normalized spacial score (nSPS) is 10.8. The van der Waals surface area contributed by atoms with E-state index >= 15 is 0 Å². The molecule has 1 heterocycles. The van der Waals surface area contributed by atoms with E-state index in [1.807, 2.05) is 18.2 Å². The number of aryl methyl sites for hydroxylation is 2. The van der Waals surface area contributed by atoms with Crippen molar-refractivity contribution < 1.29 is 13.9 Å². The van der Waals surface area contributed by atoms with Crippen LogP contribution >= 0.6 is 0 Å². The lowest BCUT2D eigenvalue weighted by molar-refractivity contribution is -0.112. The highest BCUT2D eigenvalue weighted by atomic mass is 19.1. The molecule has 1 aromatic heterocycles. The van der Waals surface area contributed by atoms with Gasteiger partial charge in [-0.25, -0.2) is 4.39 Å². The Morgan fingerprint density at radius 1 is 1.25 bits per heavy atom. The number of hydrogen-bond acceptors (Lipinski definition) is 5. The highest BCUT2D eigenvalue weighted by Crippen LogP contribution is 2.26. The van der Waals surface area contributed by atoms with Gasteiger partial charge in [0, 0.05) is 23.0 Å². The van der Waals surface area contributed by atoms with Gasteiger partial charge in [0.25, 0.3) is 5.91 Å². The van der Waals surface area contributed by atoms with Crippen molar-refractivity contribution in [1.82, 2.24) is 9.78 Å². The Morgan fingerprint density at radius 3 is 2.62 bits per heavy atom. The molecular weight excluding hydrogens is 409 g/mol. The number of rotatable bonds is 7. The first kappa shape index (κ1) is 22.3. The number of nitriles is 2. The summed E-state index contributed by atoms with van der Waals surface area (Å²) in [5.41, 5.74) is 2.38. The fraction of sp³-hybridized carbons (Fsp3) is 0.167. The monoisotopic (exact) mass is 429 g/mol. The third-order valence-corrected chi connectivity index (χ3v) is 4.70. The van der Waals surface area contributed by atoms with E-state index < -0.39 is 11.7 Å². The molecule has 0 bridgehead atoms. The Balaban J connectivity index is 1.96. The Morgan fingerprint density at radius 2 is 2.00 bits per heavy atom. The predicted molar refractivity (Wildman–Crippen MR) is 118 cm³/mol. The van der Waals surface area contributed by atoms with Crippen LogP contribution in [0.2, 0.25) is 0 Å². The molecule has 32 heavy (non-hydrogen) atoms. The second-order valence-corrected chi connectivity index (χ2v) is 6.92. The van der Waals surface area contributed by atoms with Gasteiger partial charge in [0.2, 0.25) is 0 Å². The van der Waals surface area contributed by atoms with Crippen molar-refractivity contribution >= 4 is 17.7 Å². The van der Waals surface area contributed by atoms with Crippen molar-refractivity contribution in [2.45, 2.75) is 19.9 Å². The smallest absolute Gasteiger partial charge is 0.266 e. The molecule has 0 saturated carbocycles. The molecule has 1 amide bonds. The molecule has 0 aliphatic rings. The number of anilines is 1. The molecule has 0 fully saturated rings. The zero-order valence-electron chi connectivity index (χ0n) is 17.6. The topological polar surface area (TPSA) is 104 Å². The van der Waals surface area contributed by atoms with Crippen molar-refractivity contribution in [3.05, 3.63) is 71.2 Å². The fourth-order valence-corrected chi connectivity index (χ4v) is 2.97. The number of ether oxygens (including phenoxy) is 1. The van der Waals surface area contributed by atoms with Crippen LogP contribution in [-0.2, 0) is 11.3 Å². The third kappa shape index (κ3) is 5.18. The molecule has 0 spiro atoms. The molecule has 0 aliphatic heterocycles. The van der Waals surface area contributed by atoms with Gasteiger partial charge in [-0.3, -0.25) is 9.48 Å². The third-order valence-electron chi connectivity index (χ3n) is 4.70. The molecule has 0 aliphatic carbocycles. The predicted octanol–water partition coefficient (Wildman–Crippen LogP) is 4.47. The molecule has 0 unspecified atom stereocenters. The van der Waals surface area contributed by atoms with Gasteiger partial charge in [0.05, 0.1) is 31.8 Å². The standard InChI is InChI=1S/C24H20FN5O2/c1-16-4-7-20(13-22(16)25)28-24(31)18(14-27)12-19-15-30(11-3-10-26)29-23(19)17-5-8-21(32-2)9-6-17/h4-9,12-13,15H,3,11H2,1-2H3,(H,28,31)/b18-12+. The largest absolute Gasteiger partial charge is 0.497 e. The summed E-state index contributed by atoms with van der Waals surface area (Å²) in [5, 5.41) is 25.5. The number of aromatic nitrogens is 2. The number of benzene rings is 2. The molecule has 160 valence electrons. The molecular formula is C24H20FN5O2. The molecule has 0 saturated heterocycles. The number of amides is 1. The minimum absolute atomic E-state index is 0.166. The highest BCUT2D eigenvalue weighted by Gasteiger charge is 2.15. The zero-order valence-corrected chi connectivity index (χ0v) is 17.6. The van der Waals surface area contributed by atoms with E-state index in [0.29, 0.717) is 29.1 Å². The summed E-state index contributed by atoms with van der Waals surface area (Å²) in [5.74, 6) is -0.441. The van der Waals surface area contributed by atoms with E-state index in [4.69, 9.17) is 10.00 Å². The summed E-state index contributed by atoms with van der Waals surface area (Å²) in [6.45, 7) is 1.98. The molecule has 8 heteroatoms. The van der Waals surface area contributed by atoms with Gasteiger partial charge in [-0.05, 0) is 55.0 Å². The minimum atomic E-state index is -0.666. The van der Waals surface area contributed by atoms with Crippen molar-refractivity contribution in [3.63, 3.8) is 0 Å². The van der Waals surface area contributed by atoms with Crippen molar-refractivity contribution in [1.29, 1.82) is 10.5 Å². The number of carbonyl (C=O) groups excluding carboxylic acids is 1. The van der Waals surface area contributed by atoms with Gasteiger partial charge in [-0.1, -0.05) is 6.07 Å². The summed E-state index contributed by atoms with van der Waals surface area (Å²) in [4.78, 5) is 12.6. The summed E-state index contributed by atoms with van der Waals surface area (Å²) < 4.78 is 20.6. The van der Waals surface area contributed by atoms with E-state index in [1.165, 1.54) is 12.1 Å². The zero-order chi connectivity index (χ0) is 23.1. The van der Waals surface area contributed by atoms with Crippen LogP contribution in [0.3, 0.4) is 0 Å². The van der Waals surface area contributed by atoms with E-state index in [0.717, 1.165) is 5.56 Å². The second kappa shape index (κ2) is 10.1. The van der Waals surface area contributed by atoms with Crippen LogP contribution in [0.15, 0.2) is 54.2 Å². The molecule has 0 atom stereocenters. The summed E-state index contributed by atoms with van der Waals surface area (Å²) in [6, 6.07) is 15.4. The van der Waals surface area contributed by atoms with E-state index in [9.17, 15) is 14.4 Å². The lowest BCUT2D eigenvalue weighted by Gasteiger charge is -2.06. The van der Waals surface area contributed by atoms with Crippen molar-refractivity contribution in [2.75, 3.05) is 12.4 Å². The van der Waals surface area contributed by atoms with Gasteiger partial charge in [-0.15, -0.1) is 0 Å². The number of halogens is 1. The van der Waals surface area contributed by atoms with E-state index in [2.05, 4.69) is 16.5 Å². The highest BCUT2D eigenvalue weighted by molar-refractivity contribution is 6.10. The molecule has 2 aromatic carbocycles. The fourth-order valence-electron chi connectivity index (χ4n) is 2.97. The molecule has 7 nitrogen and oxygen atoms in total. The van der Waals surface area contributed by atoms with Crippen LogP contribution in [0, 0.1) is 35.4 Å². The Labute approximate surface area is 185 Å². The molecule has 3 rings (SSSR count). The number of methoxy groups -OCH3 is 1. The summed E-state index contributed by atoms with van der Waals surface area (Å²) in [6.07, 6.45) is 3.36. The first-order valence-electron chi connectivity index (χ1n) is 9.73. The maximum absolute atomic E-state index is 13.8. The summed E-state index contributed by atoms with van der Waals surface area (Å²) in [7, 11) is 1.57. The SMILES string of the molecule is COc1ccc(-c2nn(CCC#N)cc2/C=C(\C#N)C(=O)Nc2ccc(C)c(F)c2)cc1. The van der Waals surface area contributed by atoms with Gasteiger partial charge in [-0.2, -0.15) is 15.6 Å².